The van der Waals surface area contributed by atoms with E-state index >= 15 is 0 Å². The number of hydrogen-bond donors (Lipinski definition) is 0. The molecule has 0 heterocycles. The zero-order chi connectivity index (χ0) is 12.8. The second kappa shape index (κ2) is 6.54. The Morgan fingerprint density at radius 1 is 1.00 bits per heavy atom. The first-order valence-electron chi connectivity index (χ1n) is 5.75. The van der Waals surface area contributed by atoms with Gasteiger partial charge in [0.1, 0.15) is 0 Å². The molecule has 1 nitrogen and oxygen atoms in total. The first-order chi connectivity index (χ1) is 8.75. The summed E-state index contributed by atoms with van der Waals surface area (Å²) < 4.78 is 3.40. The third-order valence-electron chi connectivity index (χ3n) is 2.50. The number of rotatable bonds is 4. The summed E-state index contributed by atoms with van der Waals surface area (Å²) in [5.74, 6) is 0.0906. The monoisotopic (exact) mass is 352 g/mol. The molecule has 0 saturated carbocycles. The van der Waals surface area contributed by atoms with Crippen molar-refractivity contribution in [1.82, 2.24) is 0 Å². The Morgan fingerprint density at radius 2 is 1.67 bits per heavy atom. The van der Waals surface area contributed by atoms with Gasteiger partial charge in [0.05, 0.1) is 0 Å². The van der Waals surface area contributed by atoms with Crippen LogP contribution >= 0.6 is 0 Å². The van der Waals surface area contributed by atoms with Crippen LogP contribution in [0.3, 0.4) is 0 Å². The van der Waals surface area contributed by atoms with E-state index in [9.17, 15) is 4.79 Å². The van der Waals surface area contributed by atoms with Crippen LogP contribution in [0, 0.1) is 6.92 Å². The standard InChI is InChI=1S/C16H14OTe/c1-13-7-9-15(10-8-13)18-12-11-16(17)14-5-3-2-4-6-14/h2-12H,1H3/b12-11+. The number of benzene rings is 2. The molecule has 0 bridgehead atoms. The molecular formula is C16H14OTe. The van der Waals surface area contributed by atoms with Crippen LogP contribution < -0.4 is 3.61 Å². The van der Waals surface area contributed by atoms with Crippen molar-refractivity contribution in [1.29, 1.82) is 0 Å². The molecule has 0 unspecified atom stereocenters. The minimum atomic E-state index is -0.395. The van der Waals surface area contributed by atoms with E-state index < -0.39 is 20.9 Å². The predicted octanol–water partition coefficient (Wildman–Crippen LogP) is 2.72. The van der Waals surface area contributed by atoms with Crippen molar-refractivity contribution in [3.8, 4) is 0 Å². The number of aryl methyl sites for hydroxylation is 1. The molecule has 2 aromatic rings. The van der Waals surface area contributed by atoms with Crippen LogP contribution in [0.25, 0.3) is 0 Å². The fourth-order valence-corrected chi connectivity index (χ4v) is 3.32. The normalized spacial score (nSPS) is 10.7. The van der Waals surface area contributed by atoms with E-state index in [0.717, 1.165) is 5.56 Å². The van der Waals surface area contributed by atoms with E-state index in [0.29, 0.717) is 0 Å². The fourth-order valence-electron chi connectivity index (χ4n) is 1.49. The summed E-state index contributed by atoms with van der Waals surface area (Å²) in [4.78, 5) is 11.8. The quantitative estimate of drug-likeness (QED) is 0.471. The van der Waals surface area contributed by atoms with Gasteiger partial charge in [0, 0.05) is 0 Å². The molecule has 90 valence electrons. The first-order valence-corrected chi connectivity index (χ1v) is 8.26. The van der Waals surface area contributed by atoms with E-state index in [2.05, 4.69) is 31.2 Å². The second-order valence-corrected chi connectivity index (χ2v) is 6.76. The maximum atomic E-state index is 11.8. The van der Waals surface area contributed by atoms with E-state index in [1.165, 1.54) is 9.17 Å². The molecule has 0 aliphatic heterocycles. The molecule has 0 N–H and O–H groups in total. The number of carbonyl (C=O) groups is 1. The van der Waals surface area contributed by atoms with Crippen molar-refractivity contribution in [2.24, 2.45) is 0 Å². The molecule has 0 radical (unpaired) electrons. The van der Waals surface area contributed by atoms with Gasteiger partial charge in [-0.25, -0.2) is 0 Å². The fraction of sp³-hybridized carbons (Fsp3) is 0.0625. The van der Waals surface area contributed by atoms with Gasteiger partial charge < -0.3 is 0 Å². The van der Waals surface area contributed by atoms with Gasteiger partial charge in [0.2, 0.25) is 0 Å². The van der Waals surface area contributed by atoms with Gasteiger partial charge in [-0.1, -0.05) is 0 Å². The van der Waals surface area contributed by atoms with Gasteiger partial charge in [-0.3, -0.25) is 0 Å². The molecule has 2 aromatic carbocycles. The zero-order valence-electron chi connectivity index (χ0n) is 10.2. The van der Waals surface area contributed by atoms with Gasteiger partial charge in [0.25, 0.3) is 0 Å². The Bertz CT molecular complexity index is 541. The van der Waals surface area contributed by atoms with Gasteiger partial charge in [-0.15, -0.1) is 0 Å². The van der Waals surface area contributed by atoms with Crippen LogP contribution in [0.2, 0.25) is 0 Å². The Morgan fingerprint density at radius 3 is 2.33 bits per heavy atom. The molecule has 0 atom stereocenters. The van der Waals surface area contributed by atoms with Crippen LogP contribution in [0.1, 0.15) is 15.9 Å². The number of hydrogen-bond acceptors (Lipinski definition) is 1. The average molecular weight is 350 g/mol. The van der Waals surface area contributed by atoms with E-state index in [-0.39, 0.29) is 5.78 Å². The van der Waals surface area contributed by atoms with E-state index in [1.807, 2.05) is 34.5 Å². The summed E-state index contributed by atoms with van der Waals surface area (Å²) in [5, 5.41) is 0. The first kappa shape index (κ1) is 13.1. The van der Waals surface area contributed by atoms with Crippen LogP contribution in [0.4, 0.5) is 0 Å². The van der Waals surface area contributed by atoms with Crippen molar-refractivity contribution in [3.05, 3.63) is 75.9 Å². The molecule has 0 aromatic heterocycles. The van der Waals surface area contributed by atoms with Crippen molar-refractivity contribution < 1.29 is 4.79 Å². The zero-order valence-corrected chi connectivity index (χ0v) is 12.5. The molecule has 0 aliphatic carbocycles. The van der Waals surface area contributed by atoms with Crippen LogP contribution in [0.5, 0.6) is 0 Å². The van der Waals surface area contributed by atoms with Gasteiger partial charge in [0.15, 0.2) is 0 Å². The molecule has 2 rings (SSSR count). The second-order valence-electron chi connectivity index (χ2n) is 3.96. The Kier molecular flexibility index (Phi) is 4.75. The topological polar surface area (TPSA) is 17.1 Å². The summed E-state index contributed by atoms with van der Waals surface area (Å²) in [6, 6.07) is 17.9. The third kappa shape index (κ3) is 3.84. The van der Waals surface area contributed by atoms with Crippen molar-refractivity contribution in [3.63, 3.8) is 0 Å². The SMILES string of the molecule is Cc1ccc([Te]/C=C/C(=O)c2ccccc2)cc1. The van der Waals surface area contributed by atoms with Crippen molar-refractivity contribution in [2.75, 3.05) is 0 Å². The summed E-state index contributed by atoms with van der Waals surface area (Å²) in [5.41, 5.74) is 2.03. The molecular weight excluding hydrogens is 336 g/mol. The average Bonchev–Trinajstić information content (AvgIpc) is 2.42. The van der Waals surface area contributed by atoms with Gasteiger partial charge in [-0.2, -0.15) is 0 Å². The van der Waals surface area contributed by atoms with E-state index in [1.54, 1.807) is 6.08 Å². The number of allylic oxidation sites excluding steroid dienone is 1. The summed E-state index contributed by atoms with van der Waals surface area (Å²) in [7, 11) is 0. The third-order valence-corrected chi connectivity index (χ3v) is 4.83. The van der Waals surface area contributed by atoms with E-state index in [4.69, 9.17) is 0 Å². The maximum absolute atomic E-state index is 11.8. The molecule has 18 heavy (non-hydrogen) atoms. The minimum absolute atomic E-state index is 0.0906. The van der Waals surface area contributed by atoms with Crippen LogP contribution in [-0.4, -0.2) is 26.7 Å². The number of carbonyl (C=O) groups excluding carboxylic acids is 1. The molecule has 0 amide bonds. The predicted molar refractivity (Wildman–Crippen MR) is 76.5 cm³/mol. The molecule has 0 aliphatic rings. The van der Waals surface area contributed by atoms with Gasteiger partial charge >= 0.3 is 118 Å². The van der Waals surface area contributed by atoms with Crippen molar-refractivity contribution in [2.45, 2.75) is 6.92 Å². The molecule has 2 heteroatoms. The number of ketones is 1. The van der Waals surface area contributed by atoms with Gasteiger partial charge in [-0.05, 0) is 0 Å². The van der Waals surface area contributed by atoms with Crippen LogP contribution in [-0.2, 0) is 0 Å². The Labute approximate surface area is 118 Å². The van der Waals surface area contributed by atoms with Crippen molar-refractivity contribution >= 4 is 30.3 Å². The molecule has 0 fully saturated rings. The summed E-state index contributed by atoms with van der Waals surface area (Å²) in [6.07, 6.45) is 1.71. The Hall–Kier alpha value is -1.36. The molecule has 0 spiro atoms. The summed E-state index contributed by atoms with van der Waals surface area (Å²) >= 11 is -0.395. The Balaban J connectivity index is 1.96. The molecule has 0 saturated heterocycles. The van der Waals surface area contributed by atoms with Crippen LogP contribution in [0.15, 0.2) is 64.8 Å². The summed E-state index contributed by atoms with van der Waals surface area (Å²) in [6.45, 7) is 2.08.